The van der Waals surface area contributed by atoms with E-state index >= 15 is 0 Å². The highest BCUT2D eigenvalue weighted by molar-refractivity contribution is 5.67. The van der Waals surface area contributed by atoms with Crippen LogP contribution >= 0.6 is 0 Å². The number of carboxylic acids is 1. The van der Waals surface area contributed by atoms with Crippen LogP contribution < -0.4 is 0 Å². The smallest absolute Gasteiger partial charge is 0.303 e. The van der Waals surface area contributed by atoms with Crippen molar-refractivity contribution in [3.8, 4) is 22.9 Å². The van der Waals surface area contributed by atoms with E-state index < -0.39 is 5.97 Å². The Morgan fingerprint density at radius 3 is 2.78 bits per heavy atom. The molecule has 94 valence electrons. The predicted octanol–water partition coefficient (Wildman–Crippen LogP) is 1.16. The summed E-state index contributed by atoms with van der Waals surface area (Å²) < 4.78 is 4.86. The molecule has 0 saturated heterocycles. The number of benzene rings is 1. The predicted molar refractivity (Wildman–Crippen MR) is 59.0 cm³/mol. The van der Waals surface area contributed by atoms with Crippen molar-refractivity contribution in [2.24, 2.45) is 0 Å². The number of carboxylic acid groups (broad SMARTS) is 1. The second-order valence-corrected chi connectivity index (χ2v) is 3.61. The van der Waals surface area contributed by atoms with Crippen molar-refractivity contribution in [2.45, 2.75) is 12.8 Å². The van der Waals surface area contributed by atoms with Gasteiger partial charge in [-0.2, -0.15) is 4.98 Å². The van der Waals surface area contributed by atoms with Gasteiger partial charge in [0.2, 0.25) is 11.7 Å². The van der Waals surface area contributed by atoms with Crippen molar-refractivity contribution >= 4 is 5.97 Å². The van der Waals surface area contributed by atoms with Crippen LogP contribution in [0.3, 0.4) is 0 Å². The molecule has 0 aliphatic heterocycles. The molecule has 18 heavy (non-hydrogen) atoms. The number of carbonyl (C=O) groups is 1. The lowest BCUT2D eigenvalue weighted by atomic mass is 10.2. The molecule has 0 bridgehead atoms. The maximum absolute atomic E-state index is 10.4. The molecule has 0 amide bonds. The van der Waals surface area contributed by atoms with Crippen LogP contribution in [0.25, 0.3) is 11.4 Å². The number of aromatic nitrogens is 2. The summed E-state index contributed by atoms with van der Waals surface area (Å²) in [7, 11) is 0. The zero-order valence-electron chi connectivity index (χ0n) is 9.20. The van der Waals surface area contributed by atoms with E-state index in [1.165, 1.54) is 12.1 Å². The first-order chi connectivity index (χ1) is 8.56. The number of nitrogens with zero attached hydrogens (tertiary/aromatic N) is 2. The Kier molecular flexibility index (Phi) is 3.13. The van der Waals surface area contributed by atoms with Crippen LogP contribution in [-0.2, 0) is 11.2 Å². The number of phenolic OH excluding ortho intramolecular Hbond substituents is 2. The van der Waals surface area contributed by atoms with Crippen LogP contribution in [0.4, 0.5) is 0 Å². The normalized spacial score (nSPS) is 10.4. The molecule has 2 aromatic rings. The van der Waals surface area contributed by atoms with Crippen molar-refractivity contribution in [3.63, 3.8) is 0 Å². The van der Waals surface area contributed by atoms with Crippen LogP contribution in [-0.4, -0.2) is 31.4 Å². The first-order valence-electron chi connectivity index (χ1n) is 5.13. The standard InChI is InChI=1S/C11H10N2O5/c14-6-1-2-7(8(15)5-6)11-12-9(18-13-11)3-4-10(16)17/h1-2,5,14-15H,3-4H2,(H,16,17). The minimum atomic E-state index is -0.956. The van der Waals surface area contributed by atoms with Gasteiger partial charge in [0.05, 0.1) is 12.0 Å². The van der Waals surface area contributed by atoms with Crippen molar-refractivity contribution < 1.29 is 24.6 Å². The Balaban J connectivity index is 2.21. The van der Waals surface area contributed by atoms with Crippen molar-refractivity contribution in [1.29, 1.82) is 0 Å². The van der Waals surface area contributed by atoms with Gasteiger partial charge in [-0.15, -0.1) is 0 Å². The SMILES string of the molecule is O=C(O)CCc1nc(-c2ccc(O)cc2O)no1. The molecule has 0 radical (unpaired) electrons. The van der Waals surface area contributed by atoms with Crippen LogP contribution in [0.15, 0.2) is 22.7 Å². The number of aryl methyl sites for hydroxylation is 1. The minimum absolute atomic E-state index is 0.0779. The van der Waals surface area contributed by atoms with Gasteiger partial charge in [0.25, 0.3) is 0 Å². The quantitative estimate of drug-likeness (QED) is 0.745. The number of aromatic hydroxyl groups is 2. The first kappa shape index (κ1) is 11.9. The fourth-order valence-corrected chi connectivity index (χ4v) is 1.39. The molecule has 0 aliphatic carbocycles. The Labute approximate surface area is 101 Å². The molecule has 1 aromatic heterocycles. The van der Waals surface area contributed by atoms with E-state index in [4.69, 9.17) is 14.7 Å². The van der Waals surface area contributed by atoms with Gasteiger partial charge >= 0.3 is 5.97 Å². The summed E-state index contributed by atoms with van der Waals surface area (Å²) >= 11 is 0. The third kappa shape index (κ3) is 2.57. The lowest BCUT2D eigenvalue weighted by molar-refractivity contribution is -0.137. The summed E-state index contributed by atoms with van der Waals surface area (Å²) in [5.41, 5.74) is 0.304. The summed E-state index contributed by atoms with van der Waals surface area (Å²) in [5.74, 6) is -0.888. The molecular weight excluding hydrogens is 240 g/mol. The monoisotopic (exact) mass is 250 g/mol. The number of aliphatic carboxylic acids is 1. The molecule has 0 unspecified atom stereocenters. The van der Waals surface area contributed by atoms with E-state index in [1.807, 2.05) is 0 Å². The Morgan fingerprint density at radius 2 is 2.11 bits per heavy atom. The van der Waals surface area contributed by atoms with Gasteiger partial charge in [-0.3, -0.25) is 4.79 Å². The Morgan fingerprint density at radius 1 is 1.33 bits per heavy atom. The van der Waals surface area contributed by atoms with Crippen LogP contribution in [0.2, 0.25) is 0 Å². The number of hydrogen-bond acceptors (Lipinski definition) is 6. The van der Waals surface area contributed by atoms with Crippen molar-refractivity contribution in [2.75, 3.05) is 0 Å². The van der Waals surface area contributed by atoms with E-state index in [0.717, 1.165) is 6.07 Å². The molecule has 2 rings (SSSR count). The molecule has 0 fully saturated rings. The van der Waals surface area contributed by atoms with Gasteiger partial charge in [0, 0.05) is 12.5 Å². The van der Waals surface area contributed by atoms with Gasteiger partial charge in [-0.25, -0.2) is 0 Å². The van der Waals surface area contributed by atoms with Crippen molar-refractivity contribution in [1.82, 2.24) is 10.1 Å². The molecule has 0 spiro atoms. The van der Waals surface area contributed by atoms with E-state index in [2.05, 4.69) is 10.1 Å². The summed E-state index contributed by atoms with van der Waals surface area (Å²) in [4.78, 5) is 14.3. The highest BCUT2D eigenvalue weighted by Crippen LogP contribution is 2.30. The first-order valence-corrected chi connectivity index (χ1v) is 5.13. The Bertz CT molecular complexity index is 579. The molecule has 7 heteroatoms. The summed E-state index contributed by atoms with van der Waals surface area (Å²) in [6.07, 6.45) is 0.0182. The molecule has 0 aliphatic rings. The zero-order chi connectivity index (χ0) is 13.1. The van der Waals surface area contributed by atoms with Crippen LogP contribution in [0.1, 0.15) is 12.3 Å². The molecule has 1 aromatic carbocycles. The van der Waals surface area contributed by atoms with E-state index in [0.29, 0.717) is 5.56 Å². The highest BCUT2D eigenvalue weighted by atomic mass is 16.5. The van der Waals surface area contributed by atoms with Crippen molar-refractivity contribution in [3.05, 3.63) is 24.1 Å². The summed E-state index contributed by atoms with van der Waals surface area (Å²) in [5, 5.41) is 30.9. The third-order valence-corrected chi connectivity index (χ3v) is 2.24. The number of rotatable bonds is 4. The van der Waals surface area contributed by atoms with E-state index in [-0.39, 0.29) is 36.1 Å². The average molecular weight is 250 g/mol. The van der Waals surface area contributed by atoms with Gasteiger partial charge in [0.15, 0.2) is 0 Å². The molecule has 7 nitrogen and oxygen atoms in total. The molecule has 1 heterocycles. The average Bonchev–Trinajstić information content (AvgIpc) is 2.75. The van der Waals surface area contributed by atoms with Crippen LogP contribution in [0.5, 0.6) is 11.5 Å². The van der Waals surface area contributed by atoms with E-state index in [9.17, 15) is 9.90 Å². The maximum atomic E-state index is 10.4. The zero-order valence-corrected chi connectivity index (χ0v) is 9.20. The second kappa shape index (κ2) is 4.74. The largest absolute Gasteiger partial charge is 0.508 e. The summed E-state index contributed by atoms with van der Waals surface area (Å²) in [6, 6.07) is 3.97. The third-order valence-electron chi connectivity index (χ3n) is 2.24. The second-order valence-electron chi connectivity index (χ2n) is 3.61. The minimum Gasteiger partial charge on any atom is -0.508 e. The molecule has 0 saturated carbocycles. The van der Waals surface area contributed by atoms with Gasteiger partial charge in [-0.05, 0) is 12.1 Å². The molecule has 0 atom stereocenters. The number of hydrogen-bond donors (Lipinski definition) is 3. The fraction of sp³-hybridized carbons (Fsp3) is 0.182. The Hall–Kier alpha value is -2.57. The molecular formula is C11H10N2O5. The summed E-state index contributed by atoms with van der Waals surface area (Å²) in [6.45, 7) is 0. The topological polar surface area (TPSA) is 117 Å². The van der Waals surface area contributed by atoms with Gasteiger partial charge in [0.1, 0.15) is 11.5 Å². The maximum Gasteiger partial charge on any atom is 0.303 e. The van der Waals surface area contributed by atoms with Crippen LogP contribution in [0, 0.1) is 0 Å². The number of phenols is 2. The lowest BCUT2D eigenvalue weighted by Crippen LogP contribution is -1.97. The van der Waals surface area contributed by atoms with Gasteiger partial charge < -0.3 is 19.8 Å². The fourth-order valence-electron chi connectivity index (χ4n) is 1.39. The highest BCUT2D eigenvalue weighted by Gasteiger charge is 2.13. The lowest BCUT2D eigenvalue weighted by Gasteiger charge is -1.99. The van der Waals surface area contributed by atoms with Gasteiger partial charge in [-0.1, -0.05) is 5.16 Å². The van der Waals surface area contributed by atoms with E-state index in [1.54, 1.807) is 0 Å². The molecule has 3 N–H and O–H groups in total.